The summed E-state index contributed by atoms with van der Waals surface area (Å²) in [4.78, 5) is 15.4. The minimum Gasteiger partial charge on any atom is -0.469 e. The quantitative estimate of drug-likeness (QED) is 0.788. The second kappa shape index (κ2) is 5.35. The minimum absolute atomic E-state index is 0.00971. The molecule has 1 unspecified atom stereocenters. The lowest BCUT2D eigenvalue weighted by molar-refractivity contribution is -0.122. The number of nitrogens with zero attached hydrogens (tertiary/aromatic N) is 3. The van der Waals surface area contributed by atoms with Gasteiger partial charge in [-0.15, -0.1) is 5.10 Å². The van der Waals surface area contributed by atoms with Crippen molar-refractivity contribution < 1.29 is 9.21 Å². The van der Waals surface area contributed by atoms with E-state index in [9.17, 15) is 4.79 Å². The number of anilines is 1. The first-order valence-corrected chi connectivity index (χ1v) is 5.60. The SMILES string of the molecule is CC(Cc1ccco1)NC(=O)Cn1cnc(N)n1. The second-order valence-corrected chi connectivity index (χ2v) is 4.05. The smallest absolute Gasteiger partial charge is 0.242 e. The van der Waals surface area contributed by atoms with E-state index < -0.39 is 0 Å². The zero-order valence-electron chi connectivity index (χ0n) is 10.0. The van der Waals surface area contributed by atoms with Crippen LogP contribution in [0.25, 0.3) is 0 Å². The van der Waals surface area contributed by atoms with Gasteiger partial charge in [0.05, 0.1) is 6.26 Å². The largest absolute Gasteiger partial charge is 0.469 e. The maximum atomic E-state index is 11.7. The van der Waals surface area contributed by atoms with Gasteiger partial charge in [0, 0.05) is 12.5 Å². The number of carbonyl (C=O) groups is 1. The molecule has 7 heteroatoms. The van der Waals surface area contributed by atoms with Crippen molar-refractivity contribution in [1.29, 1.82) is 0 Å². The van der Waals surface area contributed by atoms with Crippen molar-refractivity contribution in [2.24, 2.45) is 0 Å². The summed E-state index contributed by atoms with van der Waals surface area (Å²) in [7, 11) is 0. The van der Waals surface area contributed by atoms with Crippen molar-refractivity contribution in [3.05, 3.63) is 30.5 Å². The second-order valence-electron chi connectivity index (χ2n) is 4.05. The molecule has 1 atom stereocenters. The molecule has 2 aromatic heterocycles. The Morgan fingerprint density at radius 3 is 3.11 bits per heavy atom. The Kier molecular flexibility index (Phi) is 3.61. The van der Waals surface area contributed by atoms with Gasteiger partial charge in [0.25, 0.3) is 0 Å². The highest BCUT2D eigenvalue weighted by molar-refractivity contribution is 5.75. The number of furan rings is 1. The number of amides is 1. The molecule has 0 fully saturated rings. The molecule has 2 heterocycles. The highest BCUT2D eigenvalue weighted by Gasteiger charge is 2.10. The van der Waals surface area contributed by atoms with Crippen LogP contribution in [0, 0.1) is 0 Å². The zero-order valence-corrected chi connectivity index (χ0v) is 10.0. The maximum Gasteiger partial charge on any atom is 0.242 e. The van der Waals surface area contributed by atoms with E-state index in [0.29, 0.717) is 6.42 Å². The minimum atomic E-state index is -0.140. The number of nitrogen functional groups attached to an aromatic ring is 1. The van der Waals surface area contributed by atoms with Gasteiger partial charge in [0.15, 0.2) is 0 Å². The fraction of sp³-hybridized carbons (Fsp3) is 0.364. The van der Waals surface area contributed by atoms with Gasteiger partial charge in [-0.05, 0) is 19.1 Å². The lowest BCUT2D eigenvalue weighted by atomic mass is 10.2. The normalized spacial score (nSPS) is 12.3. The molecular weight excluding hydrogens is 234 g/mol. The first-order chi connectivity index (χ1) is 8.63. The van der Waals surface area contributed by atoms with E-state index >= 15 is 0 Å². The third-order valence-electron chi connectivity index (χ3n) is 2.35. The van der Waals surface area contributed by atoms with E-state index in [0.717, 1.165) is 5.76 Å². The molecule has 2 aromatic rings. The highest BCUT2D eigenvalue weighted by Crippen LogP contribution is 2.03. The number of carbonyl (C=O) groups excluding carboxylic acids is 1. The van der Waals surface area contributed by atoms with Crippen LogP contribution >= 0.6 is 0 Å². The van der Waals surface area contributed by atoms with Gasteiger partial charge in [0.2, 0.25) is 11.9 Å². The highest BCUT2D eigenvalue weighted by atomic mass is 16.3. The number of rotatable bonds is 5. The predicted octanol–water partition coefficient (Wildman–Crippen LogP) is 0.201. The molecule has 0 aliphatic rings. The first kappa shape index (κ1) is 12.2. The van der Waals surface area contributed by atoms with Crippen LogP contribution in [0.15, 0.2) is 29.1 Å². The standard InChI is InChI=1S/C11H15N5O2/c1-8(5-9-3-2-4-18-9)14-10(17)6-16-7-13-11(12)15-16/h2-4,7-8H,5-6H2,1H3,(H2,12,15)(H,14,17). The molecule has 0 aliphatic carbocycles. The van der Waals surface area contributed by atoms with Crippen LogP contribution in [0.5, 0.6) is 0 Å². The fourth-order valence-electron chi connectivity index (χ4n) is 1.63. The van der Waals surface area contributed by atoms with E-state index in [2.05, 4.69) is 15.4 Å². The van der Waals surface area contributed by atoms with Crippen molar-refractivity contribution in [2.45, 2.75) is 25.9 Å². The number of nitrogens with two attached hydrogens (primary N) is 1. The number of hydrogen-bond acceptors (Lipinski definition) is 5. The van der Waals surface area contributed by atoms with Gasteiger partial charge < -0.3 is 15.5 Å². The van der Waals surface area contributed by atoms with E-state index in [1.807, 2.05) is 19.1 Å². The Balaban J connectivity index is 1.80. The third-order valence-corrected chi connectivity index (χ3v) is 2.35. The van der Waals surface area contributed by atoms with Crippen LogP contribution in [0.1, 0.15) is 12.7 Å². The van der Waals surface area contributed by atoms with Gasteiger partial charge in [-0.25, -0.2) is 9.67 Å². The predicted molar refractivity (Wildman–Crippen MR) is 64.5 cm³/mol. The topological polar surface area (TPSA) is 99.0 Å². The Hall–Kier alpha value is -2.31. The molecular formula is C11H15N5O2. The summed E-state index contributed by atoms with van der Waals surface area (Å²) >= 11 is 0. The van der Waals surface area contributed by atoms with Crippen LogP contribution in [-0.4, -0.2) is 26.7 Å². The molecule has 96 valence electrons. The third kappa shape index (κ3) is 3.34. The van der Waals surface area contributed by atoms with Crippen LogP contribution in [0.2, 0.25) is 0 Å². The molecule has 0 bridgehead atoms. The summed E-state index contributed by atoms with van der Waals surface area (Å²) in [6.45, 7) is 2.02. The van der Waals surface area contributed by atoms with E-state index in [4.69, 9.17) is 10.2 Å². The van der Waals surface area contributed by atoms with Crippen molar-refractivity contribution >= 4 is 11.9 Å². The van der Waals surface area contributed by atoms with Crippen LogP contribution in [0.4, 0.5) is 5.95 Å². The molecule has 1 amide bonds. The average molecular weight is 249 g/mol. The van der Waals surface area contributed by atoms with Crippen LogP contribution in [-0.2, 0) is 17.8 Å². The average Bonchev–Trinajstić information content (AvgIpc) is 2.90. The Bertz CT molecular complexity index is 505. The van der Waals surface area contributed by atoms with Gasteiger partial charge in [0.1, 0.15) is 18.6 Å². The zero-order chi connectivity index (χ0) is 13.0. The molecule has 0 radical (unpaired) electrons. The Labute approximate surface area is 104 Å². The summed E-state index contributed by atoms with van der Waals surface area (Å²) in [6, 6.07) is 3.69. The summed E-state index contributed by atoms with van der Waals surface area (Å²) < 4.78 is 6.61. The van der Waals surface area contributed by atoms with Gasteiger partial charge in [-0.3, -0.25) is 4.79 Å². The molecule has 7 nitrogen and oxygen atoms in total. The van der Waals surface area contributed by atoms with E-state index in [-0.39, 0.29) is 24.4 Å². The van der Waals surface area contributed by atoms with E-state index in [1.54, 1.807) is 6.26 Å². The lowest BCUT2D eigenvalue weighted by Gasteiger charge is -2.12. The van der Waals surface area contributed by atoms with Crippen molar-refractivity contribution in [3.63, 3.8) is 0 Å². The van der Waals surface area contributed by atoms with Crippen molar-refractivity contribution in [1.82, 2.24) is 20.1 Å². The first-order valence-electron chi connectivity index (χ1n) is 5.60. The van der Waals surface area contributed by atoms with Crippen molar-refractivity contribution in [3.8, 4) is 0 Å². The molecule has 0 saturated heterocycles. The lowest BCUT2D eigenvalue weighted by Crippen LogP contribution is -2.36. The van der Waals surface area contributed by atoms with Gasteiger partial charge in [-0.2, -0.15) is 0 Å². The molecule has 18 heavy (non-hydrogen) atoms. The molecule has 0 aromatic carbocycles. The monoisotopic (exact) mass is 249 g/mol. The number of nitrogens with one attached hydrogen (secondary N) is 1. The number of hydrogen-bond donors (Lipinski definition) is 2. The summed E-state index contributed by atoms with van der Waals surface area (Å²) in [6.07, 6.45) is 3.69. The summed E-state index contributed by atoms with van der Waals surface area (Å²) in [5, 5.41) is 6.69. The van der Waals surface area contributed by atoms with Gasteiger partial charge in [-0.1, -0.05) is 0 Å². The molecule has 0 spiro atoms. The molecule has 0 saturated carbocycles. The fourth-order valence-corrected chi connectivity index (χ4v) is 1.63. The molecule has 3 N–H and O–H groups in total. The number of aromatic nitrogens is 3. The van der Waals surface area contributed by atoms with Crippen LogP contribution < -0.4 is 11.1 Å². The molecule has 0 aliphatic heterocycles. The Morgan fingerprint density at radius 2 is 2.50 bits per heavy atom. The van der Waals surface area contributed by atoms with E-state index in [1.165, 1.54) is 11.0 Å². The Morgan fingerprint density at radius 1 is 1.67 bits per heavy atom. The molecule has 2 rings (SSSR count). The van der Waals surface area contributed by atoms with Crippen molar-refractivity contribution in [2.75, 3.05) is 5.73 Å². The van der Waals surface area contributed by atoms with Crippen LogP contribution in [0.3, 0.4) is 0 Å². The van der Waals surface area contributed by atoms with Gasteiger partial charge >= 0.3 is 0 Å². The maximum absolute atomic E-state index is 11.7. The summed E-state index contributed by atoms with van der Waals surface area (Å²) in [5.74, 6) is 0.859. The summed E-state index contributed by atoms with van der Waals surface area (Å²) in [5.41, 5.74) is 5.36.